The lowest BCUT2D eigenvalue weighted by Crippen LogP contribution is -2.47. The number of unbranched alkanes of at least 4 members (excludes halogenated alkanes) is 2. The van der Waals surface area contributed by atoms with Crippen molar-refractivity contribution in [2.24, 2.45) is 5.92 Å². The van der Waals surface area contributed by atoms with Gasteiger partial charge in [-0.2, -0.15) is 0 Å². The van der Waals surface area contributed by atoms with Crippen molar-refractivity contribution in [1.29, 1.82) is 0 Å². The molecule has 0 saturated heterocycles. The van der Waals surface area contributed by atoms with Crippen molar-refractivity contribution in [3.8, 4) is 11.3 Å². The van der Waals surface area contributed by atoms with E-state index < -0.39 is 54.1 Å². The number of carboxylic acids is 2. The van der Waals surface area contributed by atoms with Gasteiger partial charge in [0.2, 0.25) is 12.3 Å². The van der Waals surface area contributed by atoms with E-state index in [0.717, 1.165) is 19.3 Å². The summed E-state index contributed by atoms with van der Waals surface area (Å²) in [5, 5.41) is 36.1. The van der Waals surface area contributed by atoms with Crippen molar-refractivity contribution < 1.29 is 44.2 Å². The van der Waals surface area contributed by atoms with Gasteiger partial charge in [-0.15, -0.1) is 0 Å². The van der Waals surface area contributed by atoms with Crippen LogP contribution in [-0.2, 0) is 19.2 Å². The van der Waals surface area contributed by atoms with E-state index in [4.69, 9.17) is 5.11 Å². The van der Waals surface area contributed by atoms with Crippen molar-refractivity contribution in [3.05, 3.63) is 59.8 Å². The Balaban J connectivity index is 2.14. The smallest absolute Gasteiger partial charge is 0.326 e. The van der Waals surface area contributed by atoms with Gasteiger partial charge in [0, 0.05) is 11.1 Å². The Morgan fingerprint density at radius 3 is 2.36 bits per heavy atom. The van der Waals surface area contributed by atoms with E-state index in [0.29, 0.717) is 34.7 Å². The first kappa shape index (κ1) is 36.1. The molecule has 0 radical (unpaired) electrons. The number of nitrogens with zero attached hydrogens (tertiary/aromatic N) is 2. The largest absolute Gasteiger partial charge is 0.481 e. The second kappa shape index (κ2) is 17.9. The molecule has 0 aliphatic rings. The quantitative estimate of drug-likeness (QED) is 0.0441. The molecule has 4 amide bonds. The molecule has 14 nitrogen and oxygen atoms in total. The zero-order valence-electron chi connectivity index (χ0n) is 25.2. The highest BCUT2D eigenvalue weighted by Crippen LogP contribution is 2.23. The highest BCUT2D eigenvalue weighted by atomic mass is 16.5. The molecule has 0 aliphatic heterocycles. The van der Waals surface area contributed by atoms with Crippen molar-refractivity contribution in [1.82, 2.24) is 26.0 Å². The van der Waals surface area contributed by atoms with Gasteiger partial charge in [-0.1, -0.05) is 57.9 Å². The van der Waals surface area contributed by atoms with Crippen molar-refractivity contribution in [2.45, 2.75) is 64.5 Å². The average Bonchev–Trinajstić information content (AvgIpc) is 3.03. The molecule has 6 N–H and O–H groups in total. The van der Waals surface area contributed by atoms with Crippen LogP contribution >= 0.6 is 0 Å². The highest BCUT2D eigenvalue weighted by Gasteiger charge is 2.30. The molecule has 242 valence electrons. The van der Waals surface area contributed by atoms with E-state index in [2.05, 4.69) is 27.5 Å². The number of nitrogens with one attached hydrogen (secondary N) is 3. The van der Waals surface area contributed by atoms with Crippen LogP contribution in [0.15, 0.2) is 43.0 Å². The van der Waals surface area contributed by atoms with E-state index in [1.165, 1.54) is 24.3 Å². The molecule has 2 rings (SSSR count). The van der Waals surface area contributed by atoms with Gasteiger partial charge in [-0.3, -0.25) is 29.2 Å². The molecule has 0 fully saturated rings. The molecular formula is C31H39N5O9. The van der Waals surface area contributed by atoms with Crippen LogP contribution in [0.5, 0.6) is 0 Å². The minimum atomic E-state index is -1.63. The van der Waals surface area contributed by atoms with E-state index in [-0.39, 0.29) is 24.3 Å². The zero-order valence-corrected chi connectivity index (χ0v) is 25.2. The number of hydrogen-bond donors (Lipinski definition) is 6. The topological polar surface area (TPSA) is 215 Å². The molecule has 0 unspecified atom stereocenters. The zero-order chi connectivity index (χ0) is 33.5. The van der Waals surface area contributed by atoms with Crippen molar-refractivity contribution in [2.75, 3.05) is 6.67 Å². The monoisotopic (exact) mass is 625 g/mol. The lowest BCUT2D eigenvalue weighted by molar-refractivity contribution is -0.168. The Labute approximate surface area is 260 Å². The Hall–Kier alpha value is -5.11. The summed E-state index contributed by atoms with van der Waals surface area (Å²) in [6, 6.07) is 6.86. The van der Waals surface area contributed by atoms with E-state index >= 15 is 0 Å². The second-order valence-corrected chi connectivity index (χ2v) is 10.2. The molecule has 1 aromatic heterocycles. The number of carbonyl (C=O) groups excluding carboxylic acids is 4. The Morgan fingerprint density at radius 2 is 1.76 bits per heavy atom. The van der Waals surface area contributed by atoms with Crippen molar-refractivity contribution >= 4 is 42.1 Å². The fourth-order valence-corrected chi connectivity index (χ4v) is 4.71. The minimum Gasteiger partial charge on any atom is -0.481 e. The molecular weight excluding hydrogens is 586 g/mol. The molecule has 1 aromatic carbocycles. The van der Waals surface area contributed by atoms with Crippen LogP contribution in [0.3, 0.4) is 0 Å². The van der Waals surface area contributed by atoms with Crippen LogP contribution < -0.4 is 16.0 Å². The fourth-order valence-electron chi connectivity index (χ4n) is 4.71. The predicted octanol–water partition coefficient (Wildman–Crippen LogP) is 2.68. The lowest BCUT2D eigenvalue weighted by Gasteiger charge is -2.29. The van der Waals surface area contributed by atoms with Crippen LogP contribution in [0.1, 0.15) is 78.8 Å². The number of hydroxylamine groups is 2. The third-order valence-corrected chi connectivity index (χ3v) is 7.07. The fraction of sp³-hybridized carbons (Fsp3) is 0.387. The van der Waals surface area contributed by atoms with Gasteiger partial charge in [0.25, 0.3) is 11.8 Å². The predicted molar refractivity (Wildman–Crippen MR) is 163 cm³/mol. The summed E-state index contributed by atoms with van der Waals surface area (Å²) in [6.45, 7) is 7.24. The molecule has 14 heteroatoms. The number of rotatable bonds is 19. The number of carboxylic acid groups (broad SMARTS) is 2. The van der Waals surface area contributed by atoms with Crippen LogP contribution in [-0.4, -0.2) is 80.3 Å². The molecule has 45 heavy (non-hydrogen) atoms. The first-order valence-electron chi connectivity index (χ1n) is 14.4. The Morgan fingerprint density at radius 1 is 1.02 bits per heavy atom. The summed E-state index contributed by atoms with van der Waals surface area (Å²) in [5.74, 6) is -5.35. The summed E-state index contributed by atoms with van der Waals surface area (Å²) in [7, 11) is 0. The van der Waals surface area contributed by atoms with Crippen LogP contribution in [0.25, 0.3) is 17.3 Å². The SMILES string of the molecule is C=Cc1cc(-c2cccc(C(=O)NCNC(=O)[C@H](CCCCC)[C@@H](CC)N(O)C=O)n2)ccc1C(=O)N[C@@H](CC(=O)O)C(=O)O. The molecule has 0 aliphatic carbocycles. The number of benzene rings is 1. The Bertz CT molecular complexity index is 1400. The van der Waals surface area contributed by atoms with E-state index in [1.807, 2.05) is 6.92 Å². The molecule has 1 heterocycles. The summed E-state index contributed by atoms with van der Waals surface area (Å²) in [6.07, 6.45) is 4.19. The highest BCUT2D eigenvalue weighted by molar-refractivity contribution is 6.00. The van der Waals surface area contributed by atoms with Gasteiger partial charge in [0.05, 0.1) is 30.7 Å². The van der Waals surface area contributed by atoms with Gasteiger partial charge in [0.1, 0.15) is 11.7 Å². The maximum atomic E-state index is 13.0. The average molecular weight is 626 g/mol. The number of aromatic nitrogens is 1. The molecule has 0 saturated carbocycles. The maximum absolute atomic E-state index is 13.0. The molecule has 0 spiro atoms. The minimum absolute atomic E-state index is 0.0371. The first-order chi connectivity index (χ1) is 21.5. The summed E-state index contributed by atoms with van der Waals surface area (Å²) in [4.78, 5) is 76.4. The van der Waals surface area contributed by atoms with Gasteiger partial charge in [0.15, 0.2) is 0 Å². The number of pyridine rings is 1. The van der Waals surface area contributed by atoms with Gasteiger partial charge >= 0.3 is 11.9 Å². The third kappa shape index (κ3) is 10.5. The summed E-state index contributed by atoms with van der Waals surface area (Å²) in [5.41, 5.74) is 1.29. The molecule has 2 aromatic rings. The van der Waals surface area contributed by atoms with Gasteiger partial charge in [-0.25, -0.2) is 14.8 Å². The third-order valence-electron chi connectivity index (χ3n) is 7.07. The second-order valence-electron chi connectivity index (χ2n) is 10.2. The van der Waals surface area contributed by atoms with Crippen LogP contribution in [0.4, 0.5) is 0 Å². The van der Waals surface area contributed by atoms with Crippen LogP contribution in [0, 0.1) is 5.92 Å². The number of amides is 4. The molecule has 3 atom stereocenters. The standard InChI is InChI=1S/C31H39N5O9/c1-4-7-8-10-22(26(6-3)36(45)18-37)28(40)32-17-33-30(42)24-12-9-11-23(34-24)20-13-14-21(19(5-2)15-20)29(41)35-25(31(43)44)16-27(38)39/h5,9,11-15,18,22,25-26,45H,2,4,6-8,10,16-17H2,1,3H3,(H,32,40)(H,33,42)(H,35,41)(H,38,39)(H,43,44)/t22-,25+,26-/m1/s1. The van der Waals surface area contributed by atoms with Crippen molar-refractivity contribution in [3.63, 3.8) is 0 Å². The van der Waals surface area contributed by atoms with Crippen LogP contribution in [0.2, 0.25) is 0 Å². The number of aliphatic carboxylic acids is 2. The Kier molecular flexibility index (Phi) is 14.3. The van der Waals surface area contributed by atoms with Gasteiger partial charge < -0.3 is 26.2 Å². The number of hydrogen-bond acceptors (Lipinski definition) is 8. The normalized spacial score (nSPS) is 12.6. The first-order valence-corrected chi connectivity index (χ1v) is 14.4. The lowest BCUT2D eigenvalue weighted by atomic mass is 9.90. The van der Waals surface area contributed by atoms with E-state index in [1.54, 1.807) is 25.1 Å². The maximum Gasteiger partial charge on any atom is 0.326 e. The summed E-state index contributed by atoms with van der Waals surface area (Å²) >= 11 is 0. The molecule has 0 bridgehead atoms. The van der Waals surface area contributed by atoms with E-state index in [9.17, 15) is 39.1 Å². The van der Waals surface area contributed by atoms with Gasteiger partial charge in [-0.05, 0) is 42.7 Å². The number of carbonyl (C=O) groups is 6. The summed E-state index contributed by atoms with van der Waals surface area (Å²) < 4.78 is 0.